The number of nitrogens with one attached hydrogen (secondary N) is 1. The van der Waals surface area contributed by atoms with Crippen molar-refractivity contribution in [1.82, 2.24) is 10.3 Å². The quantitative estimate of drug-likeness (QED) is 0.811. The number of thiazole rings is 1. The van der Waals surface area contributed by atoms with E-state index in [9.17, 15) is 9.90 Å². The summed E-state index contributed by atoms with van der Waals surface area (Å²) in [7, 11) is -0.330. The van der Waals surface area contributed by atoms with Crippen LogP contribution in [0.2, 0.25) is 0 Å². The van der Waals surface area contributed by atoms with Gasteiger partial charge in [-0.1, -0.05) is 0 Å². The van der Waals surface area contributed by atoms with Gasteiger partial charge in [0.2, 0.25) is 0 Å². The van der Waals surface area contributed by atoms with Crippen LogP contribution in [0.3, 0.4) is 0 Å². The number of aromatic carboxylic acids is 1. The predicted octanol–water partition coefficient (Wildman–Crippen LogP) is 1.41. The maximum Gasteiger partial charge on any atom is 0.391 e. The average molecular weight is 268 g/mol. The molecule has 3 rings (SSSR count). The van der Waals surface area contributed by atoms with E-state index in [1.165, 1.54) is 0 Å². The van der Waals surface area contributed by atoms with Crippen molar-refractivity contribution in [1.29, 1.82) is 0 Å². The third-order valence-corrected chi connectivity index (χ3v) is 6.20. The molecule has 0 radical (unpaired) electrons. The number of hydrogen-bond donors (Lipinski definition) is 2. The Labute approximate surface area is 109 Å². The van der Waals surface area contributed by atoms with Gasteiger partial charge in [0.05, 0.1) is 6.04 Å². The van der Waals surface area contributed by atoms with Crippen molar-refractivity contribution in [2.45, 2.75) is 38.1 Å². The van der Waals surface area contributed by atoms with E-state index in [4.69, 9.17) is 0 Å². The molecule has 2 saturated heterocycles. The fourth-order valence-electron chi connectivity index (χ4n) is 3.00. The van der Waals surface area contributed by atoms with Gasteiger partial charge in [-0.25, -0.2) is 4.79 Å². The summed E-state index contributed by atoms with van der Waals surface area (Å²) >= 11 is 0. The first-order valence-corrected chi connectivity index (χ1v) is 7.76. The first-order valence-electron chi connectivity index (χ1n) is 6.37. The Balaban J connectivity index is 1.97. The molecule has 3 heterocycles. The monoisotopic (exact) mass is 268 g/mol. The standard InChI is InChI=1S/C12H17N3O2S/c1-3-18-10(11(16)17)7(2)14-12(18)15-6-8-9(15)4-5-13-8/h8-9,13H,3-6H2,1-2H3/p+1/t8-,9-,18?/m1/s1. The van der Waals surface area contributed by atoms with Crippen LogP contribution in [0, 0.1) is 6.92 Å². The highest BCUT2D eigenvalue weighted by atomic mass is 32.2. The lowest BCUT2D eigenvalue weighted by Crippen LogP contribution is -2.61. The molecule has 0 bridgehead atoms. The van der Waals surface area contributed by atoms with Crippen molar-refractivity contribution in [3.8, 4) is 0 Å². The minimum absolute atomic E-state index is 0.330. The molecular weight excluding hydrogens is 250 g/mol. The number of nitrogens with zero attached hydrogens (tertiary/aromatic N) is 2. The molecule has 0 saturated carbocycles. The SMILES string of the molecule is CC[s+]1c(N2C[C@H]3NCC[C@H]32)nc(C)c1C(=O)O. The number of anilines is 1. The van der Waals surface area contributed by atoms with E-state index < -0.39 is 5.97 Å². The zero-order chi connectivity index (χ0) is 12.9. The predicted molar refractivity (Wildman–Crippen MR) is 71.6 cm³/mol. The molecular formula is C12H18N3O2S+. The van der Waals surface area contributed by atoms with Crippen LogP contribution < -0.4 is 10.2 Å². The fourth-order valence-corrected chi connectivity index (χ4v) is 5.08. The Morgan fingerprint density at radius 3 is 3.06 bits per heavy atom. The molecule has 0 spiro atoms. The van der Waals surface area contributed by atoms with Gasteiger partial charge in [0, 0.05) is 23.1 Å². The summed E-state index contributed by atoms with van der Waals surface area (Å²) in [5.41, 5.74) is 0.692. The number of aryl methyl sites for hydroxylation is 1. The molecule has 2 aliphatic rings. The van der Waals surface area contributed by atoms with Gasteiger partial charge in [-0.2, -0.15) is 4.98 Å². The number of hydrogen-bond acceptors (Lipinski definition) is 4. The molecule has 18 heavy (non-hydrogen) atoms. The molecule has 5 nitrogen and oxygen atoms in total. The smallest absolute Gasteiger partial charge is 0.391 e. The van der Waals surface area contributed by atoms with Crippen molar-refractivity contribution in [2.24, 2.45) is 0 Å². The van der Waals surface area contributed by atoms with Crippen molar-refractivity contribution in [3.05, 3.63) is 10.6 Å². The van der Waals surface area contributed by atoms with E-state index in [2.05, 4.69) is 15.2 Å². The number of fused-ring (bicyclic) bond motifs is 1. The third kappa shape index (κ3) is 1.55. The molecule has 2 fully saturated rings. The molecule has 98 valence electrons. The van der Waals surface area contributed by atoms with Crippen LogP contribution in [0.25, 0.3) is 0 Å². The summed E-state index contributed by atoms with van der Waals surface area (Å²) in [6.07, 6.45) is 1.14. The normalized spacial score (nSPS) is 27.0. The van der Waals surface area contributed by atoms with Crippen LogP contribution in [0.15, 0.2) is 0 Å². The Kier molecular flexibility index (Phi) is 2.79. The summed E-state index contributed by atoms with van der Waals surface area (Å²) in [6, 6.07) is 1.12. The Hall–Kier alpha value is -1.14. The molecule has 2 aliphatic heterocycles. The van der Waals surface area contributed by atoms with Gasteiger partial charge >= 0.3 is 11.1 Å². The van der Waals surface area contributed by atoms with Gasteiger partial charge in [0.25, 0.3) is 4.88 Å². The second-order valence-electron chi connectivity index (χ2n) is 4.86. The topological polar surface area (TPSA) is 65.5 Å². The third-order valence-electron chi connectivity index (χ3n) is 3.89. The number of carboxylic acids is 1. The van der Waals surface area contributed by atoms with Crippen molar-refractivity contribution >= 4 is 21.6 Å². The van der Waals surface area contributed by atoms with Gasteiger partial charge in [0.15, 0.2) is 0 Å². The van der Waals surface area contributed by atoms with E-state index in [0.717, 1.165) is 30.4 Å². The number of rotatable bonds is 3. The van der Waals surface area contributed by atoms with Crippen molar-refractivity contribution in [2.75, 3.05) is 18.0 Å². The number of carboxylic acid groups (broad SMARTS) is 1. The molecule has 0 amide bonds. The first-order chi connectivity index (χ1) is 8.63. The van der Waals surface area contributed by atoms with Gasteiger partial charge in [-0.3, -0.25) is 0 Å². The average Bonchev–Trinajstić information content (AvgIpc) is 2.81. The summed E-state index contributed by atoms with van der Waals surface area (Å²) in [4.78, 5) is 18.7. The van der Waals surface area contributed by atoms with E-state index in [1.807, 2.05) is 13.8 Å². The van der Waals surface area contributed by atoms with Crippen LogP contribution in [-0.4, -0.2) is 41.2 Å². The Morgan fingerprint density at radius 1 is 1.67 bits per heavy atom. The highest BCUT2D eigenvalue weighted by molar-refractivity contribution is 7.35. The fraction of sp³-hybridized carbons (Fsp3) is 0.667. The molecule has 3 atom stereocenters. The molecule has 0 aliphatic carbocycles. The molecule has 2 N–H and O–H groups in total. The first kappa shape index (κ1) is 11.9. The summed E-state index contributed by atoms with van der Waals surface area (Å²) in [5.74, 6) is 0.0251. The molecule has 6 heteroatoms. The molecule has 1 aromatic heterocycles. The number of aromatic nitrogens is 1. The zero-order valence-corrected chi connectivity index (χ0v) is 11.5. The van der Waals surface area contributed by atoms with Gasteiger partial charge in [-0.15, -0.1) is 0 Å². The van der Waals surface area contributed by atoms with E-state index in [0.29, 0.717) is 22.7 Å². The lowest BCUT2D eigenvalue weighted by Gasteiger charge is -2.42. The van der Waals surface area contributed by atoms with Crippen LogP contribution in [0.4, 0.5) is 5.13 Å². The minimum atomic E-state index is -0.807. The van der Waals surface area contributed by atoms with E-state index >= 15 is 0 Å². The lowest BCUT2D eigenvalue weighted by molar-refractivity contribution is 0.0701. The van der Waals surface area contributed by atoms with E-state index in [-0.39, 0.29) is 10.5 Å². The summed E-state index contributed by atoms with van der Waals surface area (Å²) < 4.78 is 0. The van der Waals surface area contributed by atoms with Gasteiger partial charge < -0.3 is 15.3 Å². The van der Waals surface area contributed by atoms with Gasteiger partial charge in [0.1, 0.15) is 11.4 Å². The van der Waals surface area contributed by atoms with Crippen molar-refractivity contribution < 1.29 is 9.90 Å². The van der Waals surface area contributed by atoms with Crippen LogP contribution in [0.1, 0.15) is 28.7 Å². The molecule has 1 unspecified atom stereocenters. The van der Waals surface area contributed by atoms with Crippen molar-refractivity contribution in [3.63, 3.8) is 0 Å². The summed E-state index contributed by atoms with van der Waals surface area (Å²) in [6.45, 7) is 5.91. The molecule has 1 aromatic rings. The highest BCUT2D eigenvalue weighted by Crippen LogP contribution is 2.43. The zero-order valence-electron chi connectivity index (χ0n) is 10.6. The lowest BCUT2D eigenvalue weighted by atomic mass is 9.99. The van der Waals surface area contributed by atoms with E-state index in [1.54, 1.807) is 0 Å². The maximum absolute atomic E-state index is 11.3. The largest absolute Gasteiger partial charge is 0.474 e. The second-order valence-corrected chi connectivity index (χ2v) is 6.99. The second kappa shape index (κ2) is 4.20. The van der Waals surface area contributed by atoms with Crippen LogP contribution in [-0.2, 0) is 5.75 Å². The minimum Gasteiger partial charge on any atom is -0.474 e. The van der Waals surface area contributed by atoms with Crippen LogP contribution >= 0.6 is 10.5 Å². The van der Waals surface area contributed by atoms with Gasteiger partial charge in [-0.05, 0) is 26.8 Å². The summed E-state index contributed by atoms with van der Waals surface area (Å²) in [5, 5.41) is 13.8. The Morgan fingerprint density at radius 2 is 2.44 bits per heavy atom. The highest BCUT2D eigenvalue weighted by Gasteiger charge is 2.47. The maximum atomic E-state index is 11.3. The number of carbonyl (C=O) groups is 1. The molecule has 0 aromatic carbocycles. The van der Waals surface area contributed by atoms with Crippen LogP contribution in [0.5, 0.6) is 0 Å². The Bertz CT molecular complexity index is 500.